The average Bonchev–Trinajstić information content (AvgIpc) is 2.27. The van der Waals surface area contributed by atoms with Crippen molar-refractivity contribution in [3.63, 3.8) is 0 Å². The summed E-state index contributed by atoms with van der Waals surface area (Å²) in [4.78, 5) is 4.16. The van der Waals surface area contributed by atoms with E-state index >= 15 is 0 Å². The normalized spacial score (nSPS) is 19.5. The maximum absolute atomic E-state index is 9.54. The Kier molecular flexibility index (Phi) is 2.83. The SMILES string of the molecule is Cc1cc(Cl)nc2c1C=CC(O)C(Cl)=C2. The fourth-order valence-electron chi connectivity index (χ4n) is 1.49. The predicted molar refractivity (Wildman–Crippen MR) is 62.9 cm³/mol. The van der Waals surface area contributed by atoms with Gasteiger partial charge in [-0.25, -0.2) is 4.98 Å². The number of hydrogen-bond donors (Lipinski definition) is 1. The van der Waals surface area contributed by atoms with Crippen molar-refractivity contribution in [1.29, 1.82) is 0 Å². The zero-order valence-corrected chi connectivity index (χ0v) is 9.55. The molecule has 78 valence electrons. The molecule has 1 N–H and O–H groups in total. The van der Waals surface area contributed by atoms with Crippen molar-refractivity contribution in [3.05, 3.63) is 39.1 Å². The van der Waals surface area contributed by atoms with E-state index < -0.39 is 6.10 Å². The third-order valence-electron chi connectivity index (χ3n) is 2.27. The van der Waals surface area contributed by atoms with Crippen LogP contribution in [0.25, 0.3) is 12.2 Å². The van der Waals surface area contributed by atoms with E-state index in [2.05, 4.69) is 4.98 Å². The highest BCUT2D eigenvalue weighted by Gasteiger charge is 2.13. The van der Waals surface area contributed by atoms with Gasteiger partial charge in [0.25, 0.3) is 0 Å². The molecular formula is C11H9Cl2NO. The minimum atomic E-state index is -0.765. The lowest BCUT2D eigenvalue weighted by Gasteiger charge is -2.04. The summed E-state index contributed by atoms with van der Waals surface area (Å²) in [5.41, 5.74) is 2.64. The van der Waals surface area contributed by atoms with Crippen molar-refractivity contribution in [2.24, 2.45) is 0 Å². The molecule has 0 aliphatic heterocycles. The summed E-state index contributed by atoms with van der Waals surface area (Å²) < 4.78 is 0. The second kappa shape index (κ2) is 3.97. The van der Waals surface area contributed by atoms with E-state index in [1.54, 1.807) is 18.2 Å². The quantitative estimate of drug-likeness (QED) is 0.709. The van der Waals surface area contributed by atoms with E-state index in [1.807, 2.05) is 13.0 Å². The van der Waals surface area contributed by atoms with Gasteiger partial charge < -0.3 is 5.11 Å². The lowest BCUT2D eigenvalue weighted by atomic mass is 10.1. The maximum Gasteiger partial charge on any atom is 0.130 e. The van der Waals surface area contributed by atoms with Crippen LogP contribution in [-0.2, 0) is 0 Å². The van der Waals surface area contributed by atoms with Crippen LogP contribution < -0.4 is 0 Å². The standard InChI is InChI=1S/C11H9Cl2NO/c1-6-4-11(13)14-9-5-8(12)10(15)3-2-7(6)9/h2-5,10,15H,1H3. The number of pyridine rings is 1. The molecule has 0 aromatic carbocycles. The highest BCUT2D eigenvalue weighted by Crippen LogP contribution is 2.26. The molecule has 0 saturated heterocycles. The van der Waals surface area contributed by atoms with E-state index in [1.165, 1.54) is 0 Å². The molecule has 0 spiro atoms. The van der Waals surface area contributed by atoms with Crippen LogP contribution in [0.1, 0.15) is 16.8 Å². The van der Waals surface area contributed by atoms with Gasteiger partial charge in [-0.15, -0.1) is 0 Å². The second-order valence-electron chi connectivity index (χ2n) is 3.39. The van der Waals surface area contributed by atoms with Crippen LogP contribution in [0.2, 0.25) is 5.15 Å². The highest BCUT2D eigenvalue weighted by atomic mass is 35.5. The van der Waals surface area contributed by atoms with Gasteiger partial charge in [0.05, 0.1) is 10.7 Å². The molecule has 1 heterocycles. The number of nitrogens with zero attached hydrogens (tertiary/aromatic N) is 1. The van der Waals surface area contributed by atoms with Crippen molar-refractivity contribution in [3.8, 4) is 0 Å². The van der Waals surface area contributed by atoms with Gasteiger partial charge in [0.2, 0.25) is 0 Å². The number of aryl methyl sites for hydroxylation is 1. The van der Waals surface area contributed by atoms with Gasteiger partial charge in [0, 0.05) is 5.56 Å². The molecule has 1 aromatic rings. The van der Waals surface area contributed by atoms with Crippen molar-refractivity contribution < 1.29 is 5.11 Å². The van der Waals surface area contributed by atoms with Gasteiger partial charge in [-0.1, -0.05) is 35.4 Å². The number of hydrogen-bond acceptors (Lipinski definition) is 2. The molecule has 15 heavy (non-hydrogen) atoms. The molecule has 1 aliphatic carbocycles. The summed E-state index contributed by atoms with van der Waals surface area (Å²) >= 11 is 11.7. The first-order valence-corrected chi connectivity index (χ1v) is 5.24. The lowest BCUT2D eigenvalue weighted by molar-refractivity contribution is 0.269. The van der Waals surface area contributed by atoms with Crippen LogP contribution in [0, 0.1) is 6.92 Å². The van der Waals surface area contributed by atoms with Crippen LogP contribution in [0.3, 0.4) is 0 Å². The maximum atomic E-state index is 9.54. The van der Waals surface area contributed by atoms with E-state index in [4.69, 9.17) is 23.2 Å². The smallest absolute Gasteiger partial charge is 0.130 e. The Morgan fingerprint density at radius 2 is 2.13 bits per heavy atom. The lowest BCUT2D eigenvalue weighted by Crippen LogP contribution is -1.99. The molecule has 1 aliphatic rings. The minimum Gasteiger partial charge on any atom is -0.383 e. The summed E-state index contributed by atoms with van der Waals surface area (Å²) in [6.07, 6.45) is 4.32. The molecule has 1 atom stereocenters. The Morgan fingerprint density at radius 1 is 1.40 bits per heavy atom. The van der Waals surface area contributed by atoms with Gasteiger partial charge >= 0.3 is 0 Å². The molecule has 1 unspecified atom stereocenters. The van der Waals surface area contributed by atoms with Crippen molar-refractivity contribution in [1.82, 2.24) is 4.98 Å². The summed E-state index contributed by atoms with van der Waals surface area (Å²) in [6, 6.07) is 1.78. The van der Waals surface area contributed by atoms with E-state index in [-0.39, 0.29) is 0 Å². The van der Waals surface area contributed by atoms with Crippen LogP contribution in [-0.4, -0.2) is 16.2 Å². The summed E-state index contributed by atoms with van der Waals surface area (Å²) in [5.74, 6) is 0. The Labute approximate surface area is 97.9 Å². The number of fused-ring (bicyclic) bond motifs is 1. The first kappa shape index (κ1) is 10.7. The molecule has 0 radical (unpaired) electrons. The number of rotatable bonds is 0. The Balaban J connectivity index is 2.66. The molecular weight excluding hydrogens is 233 g/mol. The predicted octanol–water partition coefficient (Wildman–Crippen LogP) is 3.01. The van der Waals surface area contributed by atoms with Gasteiger partial charge in [0.1, 0.15) is 11.3 Å². The van der Waals surface area contributed by atoms with Crippen molar-refractivity contribution in [2.45, 2.75) is 13.0 Å². The molecule has 2 nitrogen and oxygen atoms in total. The second-order valence-corrected chi connectivity index (χ2v) is 4.22. The van der Waals surface area contributed by atoms with E-state index in [0.717, 1.165) is 11.1 Å². The van der Waals surface area contributed by atoms with E-state index in [9.17, 15) is 5.11 Å². The molecule has 4 heteroatoms. The van der Waals surface area contributed by atoms with Gasteiger partial charge in [-0.3, -0.25) is 0 Å². The minimum absolute atomic E-state index is 0.346. The Morgan fingerprint density at radius 3 is 2.87 bits per heavy atom. The zero-order chi connectivity index (χ0) is 11.0. The zero-order valence-electron chi connectivity index (χ0n) is 8.04. The number of aliphatic hydroxyl groups excluding tert-OH is 1. The molecule has 2 rings (SSSR count). The topological polar surface area (TPSA) is 33.1 Å². The van der Waals surface area contributed by atoms with Crippen LogP contribution in [0.5, 0.6) is 0 Å². The summed E-state index contributed by atoms with van der Waals surface area (Å²) in [5, 5.41) is 10.3. The third-order valence-corrected chi connectivity index (χ3v) is 2.79. The molecule has 0 saturated carbocycles. The number of aromatic nitrogens is 1. The van der Waals surface area contributed by atoms with Gasteiger partial charge in [0.15, 0.2) is 0 Å². The number of aliphatic hydroxyl groups is 1. The first-order valence-electron chi connectivity index (χ1n) is 4.48. The monoisotopic (exact) mass is 241 g/mol. The Bertz CT molecular complexity index is 466. The van der Waals surface area contributed by atoms with Crippen LogP contribution >= 0.6 is 23.2 Å². The third kappa shape index (κ3) is 2.07. The first-order chi connectivity index (χ1) is 7.08. The van der Waals surface area contributed by atoms with Gasteiger partial charge in [-0.05, 0) is 24.6 Å². The highest BCUT2D eigenvalue weighted by molar-refractivity contribution is 6.32. The molecule has 0 bridgehead atoms. The summed E-state index contributed by atoms with van der Waals surface area (Å²) in [7, 11) is 0. The average molecular weight is 242 g/mol. The van der Waals surface area contributed by atoms with Crippen molar-refractivity contribution in [2.75, 3.05) is 0 Å². The van der Waals surface area contributed by atoms with Gasteiger partial charge in [-0.2, -0.15) is 0 Å². The molecule has 0 amide bonds. The largest absolute Gasteiger partial charge is 0.383 e. The number of halogens is 2. The van der Waals surface area contributed by atoms with Crippen molar-refractivity contribution >= 4 is 35.4 Å². The fourth-order valence-corrected chi connectivity index (χ4v) is 1.92. The van der Waals surface area contributed by atoms with E-state index in [0.29, 0.717) is 15.9 Å². The molecule has 1 aromatic heterocycles. The molecule has 0 fully saturated rings. The fraction of sp³-hybridized carbons (Fsp3) is 0.182. The van der Waals surface area contributed by atoms with Crippen LogP contribution in [0.4, 0.5) is 0 Å². The summed E-state index contributed by atoms with van der Waals surface area (Å²) in [6.45, 7) is 1.94. The Hall–Kier alpha value is -0.830. The van der Waals surface area contributed by atoms with Crippen LogP contribution in [0.15, 0.2) is 17.2 Å².